The highest BCUT2D eigenvalue weighted by atomic mass is 79.9. The number of piperidine rings is 1. The summed E-state index contributed by atoms with van der Waals surface area (Å²) in [5.41, 5.74) is 0.390. The summed E-state index contributed by atoms with van der Waals surface area (Å²) in [7, 11) is 0. The van der Waals surface area contributed by atoms with E-state index in [1.54, 1.807) is 9.80 Å². The second-order valence-corrected chi connectivity index (χ2v) is 9.26. The molecule has 0 radical (unpaired) electrons. The van der Waals surface area contributed by atoms with Crippen molar-refractivity contribution >= 4 is 33.6 Å². The Bertz CT molecular complexity index is 741. The standard InChI is InChI=1S/C20H28BrN3O4/c1-20(2,3)24(19(26)27)15-6-8-22(9-7-15)10-11-23-16-12-14(21)4-5-17(16)28-13-18(23)25/h4-5,12,15H,6-11,13H2,1-3H3,(H,26,27). The van der Waals surface area contributed by atoms with Crippen molar-refractivity contribution in [2.45, 2.75) is 45.2 Å². The van der Waals surface area contributed by atoms with Crippen LogP contribution in [0.4, 0.5) is 10.5 Å². The lowest BCUT2D eigenvalue weighted by Gasteiger charge is -2.43. The van der Waals surface area contributed by atoms with Crippen LogP contribution in [0.25, 0.3) is 0 Å². The van der Waals surface area contributed by atoms with Gasteiger partial charge in [-0.3, -0.25) is 4.79 Å². The molecule has 0 unspecified atom stereocenters. The number of carbonyl (C=O) groups excluding carboxylic acids is 1. The van der Waals surface area contributed by atoms with E-state index in [0.717, 1.165) is 48.4 Å². The van der Waals surface area contributed by atoms with Crippen molar-refractivity contribution in [2.75, 3.05) is 37.7 Å². The molecule has 8 heteroatoms. The molecule has 2 heterocycles. The largest absolute Gasteiger partial charge is 0.482 e. The Kier molecular flexibility index (Phi) is 6.19. The van der Waals surface area contributed by atoms with Gasteiger partial charge in [0.15, 0.2) is 6.61 Å². The van der Waals surface area contributed by atoms with Gasteiger partial charge in [-0.05, 0) is 51.8 Å². The van der Waals surface area contributed by atoms with Crippen molar-refractivity contribution in [2.24, 2.45) is 0 Å². The summed E-state index contributed by atoms with van der Waals surface area (Å²) in [4.78, 5) is 29.7. The van der Waals surface area contributed by atoms with Gasteiger partial charge in [0.1, 0.15) is 5.75 Å². The molecule has 1 fully saturated rings. The smallest absolute Gasteiger partial charge is 0.407 e. The van der Waals surface area contributed by atoms with Gasteiger partial charge in [0.2, 0.25) is 0 Å². The van der Waals surface area contributed by atoms with Gasteiger partial charge >= 0.3 is 6.09 Å². The number of benzene rings is 1. The van der Waals surface area contributed by atoms with Crippen LogP contribution in [-0.2, 0) is 4.79 Å². The Balaban J connectivity index is 1.58. The van der Waals surface area contributed by atoms with E-state index in [0.29, 0.717) is 6.54 Å². The second-order valence-electron chi connectivity index (χ2n) is 8.34. The average molecular weight is 454 g/mol. The van der Waals surface area contributed by atoms with E-state index >= 15 is 0 Å². The number of likely N-dealkylation sites (tertiary alicyclic amines) is 1. The number of ether oxygens (including phenoxy) is 1. The number of carbonyl (C=O) groups is 2. The van der Waals surface area contributed by atoms with E-state index in [-0.39, 0.29) is 18.6 Å². The van der Waals surface area contributed by atoms with Crippen LogP contribution >= 0.6 is 15.9 Å². The van der Waals surface area contributed by atoms with Crippen molar-refractivity contribution in [3.8, 4) is 5.75 Å². The topological polar surface area (TPSA) is 73.3 Å². The van der Waals surface area contributed by atoms with Crippen LogP contribution in [0.2, 0.25) is 0 Å². The predicted molar refractivity (Wildman–Crippen MR) is 111 cm³/mol. The first-order valence-electron chi connectivity index (χ1n) is 9.64. The van der Waals surface area contributed by atoms with Gasteiger partial charge in [-0.25, -0.2) is 4.79 Å². The van der Waals surface area contributed by atoms with Crippen molar-refractivity contribution < 1.29 is 19.4 Å². The summed E-state index contributed by atoms with van der Waals surface area (Å²) in [5.74, 6) is 0.689. The highest BCUT2D eigenvalue weighted by molar-refractivity contribution is 9.10. The highest BCUT2D eigenvalue weighted by Crippen LogP contribution is 2.34. The van der Waals surface area contributed by atoms with Crippen molar-refractivity contribution in [1.82, 2.24) is 9.80 Å². The number of nitrogens with zero attached hydrogens (tertiary/aromatic N) is 3. The summed E-state index contributed by atoms with van der Waals surface area (Å²) in [5, 5.41) is 9.60. The van der Waals surface area contributed by atoms with Crippen LogP contribution in [0.3, 0.4) is 0 Å². The number of rotatable bonds is 4. The molecule has 7 nitrogen and oxygen atoms in total. The zero-order valence-corrected chi connectivity index (χ0v) is 18.2. The molecule has 1 N–H and O–H groups in total. The monoisotopic (exact) mass is 453 g/mol. The van der Waals surface area contributed by atoms with Crippen LogP contribution in [0.15, 0.2) is 22.7 Å². The quantitative estimate of drug-likeness (QED) is 0.755. The lowest BCUT2D eigenvalue weighted by atomic mass is 9.97. The maximum Gasteiger partial charge on any atom is 0.407 e. The van der Waals surface area contributed by atoms with Crippen molar-refractivity contribution in [3.05, 3.63) is 22.7 Å². The molecular weight excluding hydrogens is 426 g/mol. The molecule has 1 aromatic rings. The summed E-state index contributed by atoms with van der Waals surface area (Å²) >= 11 is 3.46. The number of amides is 2. The number of fused-ring (bicyclic) bond motifs is 1. The molecule has 3 rings (SSSR count). The number of anilines is 1. The molecule has 0 bridgehead atoms. The third-order valence-electron chi connectivity index (χ3n) is 5.35. The van der Waals surface area contributed by atoms with E-state index in [9.17, 15) is 14.7 Å². The fourth-order valence-electron chi connectivity index (χ4n) is 4.05. The van der Waals surface area contributed by atoms with Gasteiger partial charge in [-0.1, -0.05) is 15.9 Å². The first kappa shape index (κ1) is 20.9. The molecular formula is C20H28BrN3O4. The van der Waals surface area contributed by atoms with E-state index in [1.807, 2.05) is 39.0 Å². The Morgan fingerprint density at radius 2 is 1.96 bits per heavy atom. The molecule has 28 heavy (non-hydrogen) atoms. The minimum absolute atomic E-state index is 0.0368. The Morgan fingerprint density at radius 1 is 1.29 bits per heavy atom. The maximum atomic E-state index is 12.4. The first-order chi connectivity index (χ1) is 13.2. The van der Waals surface area contributed by atoms with Crippen LogP contribution in [0, 0.1) is 0 Å². The van der Waals surface area contributed by atoms with Gasteiger partial charge in [0.25, 0.3) is 5.91 Å². The summed E-state index contributed by atoms with van der Waals surface area (Å²) in [6.45, 7) is 8.89. The minimum Gasteiger partial charge on any atom is -0.482 e. The van der Waals surface area contributed by atoms with E-state index in [4.69, 9.17) is 4.74 Å². The fourth-order valence-corrected chi connectivity index (χ4v) is 4.40. The van der Waals surface area contributed by atoms with Crippen LogP contribution < -0.4 is 9.64 Å². The zero-order chi connectivity index (χ0) is 20.5. The fraction of sp³-hybridized carbons (Fsp3) is 0.600. The number of carboxylic acid groups (broad SMARTS) is 1. The van der Waals surface area contributed by atoms with Gasteiger partial charge < -0.3 is 24.5 Å². The molecule has 1 aromatic carbocycles. The predicted octanol–water partition coefficient (Wildman–Crippen LogP) is 3.42. The van der Waals surface area contributed by atoms with Gasteiger partial charge in [-0.2, -0.15) is 0 Å². The third-order valence-corrected chi connectivity index (χ3v) is 5.85. The molecule has 154 valence electrons. The average Bonchev–Trinajstić information content (AvgIpc) is 2.60. The zero-order valence-electron chi connectivity index (χ0n) is 16.7. The molecule has 1 saturated heterocycles. The lowest BCUT2D eigenvalue weighted by Crippen LogP contribution is -2.55. The first-order valence-corrected chi connectivity index (χ1v) is 10.4. The molecule has 0 atom stereocenters. The Hall–Kier alpha value is -1.80. The SMILES string of the molecule is CC(C)(C)N(C(=O)O)C1CCN(CCN2C(=O)COc3ccc(Br)cc32)CC1. The van der Waals surface area contributed by atoms with Crippen LogP contribution in [0.5, 0.6) is 5.75 Å². The molecule has 0 aliphatic carbocycles. The van der Waals surface area contributed by atoms with E-state index in [2.05, 4.69) is 20.8 Å². The summed E-state index contributed by atoms with van der Waals surface area (Å²) < 4.78 is 6.43. The third kappa shape index (κ3) is 4.60. The van der Waals surface area contributed by atoms with Crippen molar-refractivity contribution in [1.29, 1.82) is 0 Å². The van der Waals surface area contributed by atoms with Crippen LogP contribution in [0.1, 0.15) is 33.6 Å². The molecule has 0 spiro atoms. The molecule has 2 aliphatic heterocycles. The Morgan fingerprint density at radius 3 is 2.57 bits per heavy atom. The molecule has 2 amide bonds. The van der Waals surface area contributed by atoms with Gasteiger partial charge in [0.05, 0.1) is 5.69 Å². The number of halogens is 1. The van der Waals surface area contributed by atoms with E-state index in [1.165, 1.54) is 0 Å². The maximum absolute atomic E-state index is 12.4. The molecule has 0 saturated carbocycles. The number of hydrogen-bond acceptors (Lipinski definition) is 4. The van der Waals surface area contributed by atoms with Gasteiger partial charge in [-0.15, -0.1) is 0 Å². The Labute approximate surface area is 174 Å². The van der Waals surface area contributed by atoms with Crippen molar-refractivity contribution in [3.63, 3.8) is 0 Å². The number of hydrogen-bond donors (Lipinski definition) is 1. The molecule has 2 aliphatic rings. The van der Waals surface area contributed by atoms with Crippen LogP contribution in [-0.4, -0.2) is 71.3 Å². The summed E-state index contributed by atoms with van der Waals surface area (Å²) in [6, 6.07) is 5.72. The van der Waals surface area contributed by atoms with Gasteiger partial charge in [0, 0.05) is 42.2 Å². The second kappa shape index (κ2) is 8.29. The summed E-state index contributed by atoms with van der Waals surface area (Å²) in [6.07, 6.45) is 0.762. The molecule has 0 aromatic heterocycles. The highest BCUT2D eigenvalue weighted by Gasteiger charge is 2.35. The van der Waals surface area contributed by atoms with E-state index < -0.39 is 11.6 Å². The minimum atomic E-state index is -0.855. The normalized spacial score (nSPS) is 18.6. The lowest BCUT2D eigenvalue weighted by molar-refractivity contribution is -0.121.